The van der Waals surface area contributed by atoms with Crippen molar-refractivity contribution in [3.63, 3.8) is 0 Å². The highest BCUT2D eigenvalue weighted by atomic mass is 32.2. The van der Waals surface area contributed by atoms with E-state index >= 15 is 0 Å². The van der Waals surface area contributed by atoms with E-state index in [0.29, 0.717) is 51.9 Å². The molecule has 2 aliphatic rings. The summed E-state index contributed by atoms with van der Waals surface area (Å²) in [6, 6.07) is 0.0182. The van der Waals surface area contributed by atoms with Gasteiger partial charge in [0.15, 0.2) is 0 Å². The average molecular weight is 404 g/mol. The van der Waals surface area contributed by atoms with E-state index in [9.17, 15) is 18.0 Å². The number of hydrogen-bond donors (Lipinski definition) is 1. The number of carbonyl (C=O) groups is 2. The molecule has 9 heteroatoms. The van der Waals surface area contributed by atoms with Crippen LogP contribution >= 0.6 is 0 Å². The van der Waals surface area contributed by atoms with E-state index in [2.05, 4.69) is 5.32 Å². The number of nitrogens with zero attached hydrogens (tertiary/aromatic N) is 2. The van der Waals surface area contributed by atoms with Crippen molar-refractivity contribution < 1.29 is 22.7 Å². The molecule has 0 saturated carbocycles. The molecule has 0 aromatic rings. The third-order valence-corrected chi connectivity index (χ3v) is 6.96. The van der Waals surface area contributed by atoms with Crippen LogP contribution in [-0.4, -0.2) is 73.2 Å². The molecule has 1 N–H and O–H groups in total. The van der Waals surface area contributed by atoms with E-state index in [1.807, 2.05) is 20.8 Å². The summed E-state index contributed by atoms with van der Waals surface area (Å²) in [4.78, 5) is 26.3. The lowest BCUT2D eigenvalue weighted by molar-refractivity contribution is -0.127. The summed E-state index contributed by atoms with van der Waals surface area (Å²) in [6.45, 7) is 9.09. The molecule has 8 nitrogen and oxygen atoms in total. The average Bonchev–Trinajstić information content (AvgIpc) is 2.61. The first-order valence-electron chi connectivity index (χ1n) is 9.78. The summed E-state index contributed by atoms with van der Waals surface area (Å²) in [5.41, 5.74) is -0.522. The number of sulfonamides is 1. The van der Waals surface area contributed by atoms with Crippen LogP contribution in [0.1, 0.15) is 53.4 Å². The number of nitrogens with one attached hydrogen (secondary N) is 1. The lowest BCUT2D eigenvalue weighted by atomic mass is 9.95. The second kappa shape index (κ2) is 8.77. The van der Waals surface area contributed by atoms with Gasteiger partial charge in [0.25, 0.3) is 0 Å². The van der Waals surface area contributed by atoms with E-state index in [-0.39, 0.29) is 29.7 Å². The quantitative estimate of drug-likeness (QED) is 0.769. The molecule has 0 bridgehead atoms. The standard InChI is InChI=1S/C18H33N3O5S/c1-5-27(24,25)21-12-8-15(9-13-21)19-16(22)14-6-10-20(11-7-14)17(23)26-18(2,3)4/h14-15H,5-13H2,1-4H3,(H,19,22). The minimum atomic E-state index is -3.15. The molecule has 2 heterocycles. The Morgan fingerprint density at radius 3 is 2.07 bits per heavy atom. The van der Waals surface area contributed by atoms with Crippen LogP contribution in [0.2, 0.25) is 0 Å². The van der Waals surface area contributed by atoms with E-state index < -0.39 is 15.6 Å². The molecular weight excluding hydrogens is 370 g/mol. The first kappa shape index (κ1) is 21.9. The van der Waals surface area contributed by atoms with Gasteiger partial charge in [-0.1, -0.05) is 0 Å². The van der Waals surface area contributed by atoms with Crippen LogP contribution < -0.4 is 5.32 Å². The van der Waals surface area contributed by atoms with Crippen molar-refractivity contribution in [2.45, 2.75) is 65.0 Å². The van der Waals surface area contributed by atoms with E-state index in [1.54, 1.807) is 11.8 Å². The van der Waals surface area contributed by atoms with Gasteiger partial charge in [0, 0.05) is 38.1 Å². The van der Waals surface area contributed by atoms with Crippen molar-refractivity contribution in [1.29, 1.82) is 0 Å². The molecule has 2 fully saturated rings. The molecule has 0 unspecified atom stereocenters. The number of likely N-dealkylation sites (tertiary alicyclic amines) is 1. The molecule has 2 saturated heterocycles. The molecule has 0 spiro atoms. The SMILES string of the molecule is CCS(=O)(=O)N1CCC(NC(=O)C2CCN(C(=O)OC(C)(C)C)CC2)CC1. The Morgan fingerprint density at radius 2 is 1.59 bits per heavy atom. The van der Waals surface area contributed by atoms with Gasteiger partial charge in [0.2, 0.25) is 15.9 Å². The first-order valence-corrected chi connectivity index (χ1v) is 11.4. The lowest BCUT2D eigenvalue weighted by Gasteiger charge is -2.35. The van der Waals surface area contributed by atoms with Gasteiger partial charge in [-0.05, 0) is 53.4 Å². The number of hydrogen-bond acceptors (Lipinski definition) is 5. The minimum absolute atomic E-state index is 0.00985. The van der Waals surface area contributed by atoms with Crippen LogP contribution in [0.15, 0.2) is 0 Å². The normalized spacial score (nSPS) is 21.1. The summed E-state index contributed by atoms with van der Waals surface area (Å²) in [7, 11) is -3.15. The van der Waals surface area contributed by atoms with Crippen molar-refractivity contribution in [2.24, 2.45) is 5.92 Å². The second-order valence-electron chi connectivity index (χ2n) is 8.32. The van der Waals surface area contributed by atoms with Crippen molar-refractivity contribution >= 4 is 22.0 Å². The van der Waals surface area contributed by atoms with E-state index in [0.717, 1.165) is 0 Å². The molecule has 0 radical (unpaired) electrons. The summed E-state index contributed by atoms with van der Waals surface area (Å²) in [5.74, 6) is 0.0111. The third kappa shape index (κ3) is 6.34. The van der Waals surface area contributed by atoms with Gasteiger partial charge in [-0.3, -0.25) is 4.79 Å². The molecule has 156 valence electrons. The maximum absolute atomic E-state index is 12.5. The van der Waals surface area contributed by atoms with Gasteiger partial charge >= 0.3 is 6.09 Å². The molecule has 2 aliphatic heterocycles. The highest BCUT2D eigenvalue weighted by Crippen LogP contribution is 2.21. The van der Waals surface area contributed by atoms with Gasteiger partial charge in [-0.2, -0.15) is 0 Å². The molecule has 2 amide bonds. The Labute approximate surface area is 162 Å². The topological polar surface area (TPSA) is 96.0 Å². The Balaban J connectivity index is 1.75. The van der Waals surface area contributed by atoms with Crippen LogP contribution in [0.5, 0.6) is 0 Å². The molecule has 27 heavy (non-hydrogen) atoms. The number of amides is 2. The fraction of sp³-hybridized carbons (Fsp3) is 0.889. The molecule has 0 atom stereocenters. The number of piperidine rings is 2. The number of ether oxygens (including phenoxy) is 1. The maximum Gasteiger partial charge on any atom is 0.410 e. The predicted molar refractivity (Wildman–Crippen MR) is 103 cm³/mol. The summed E-state index contributed by atoms with van der Waals surface area (Å²) < 4.78 is 30.7. The highest BCUT2D eigenvalue weighted by molar-refractivity contribution is 7.89. The first-order chi connectivity index (χ1) is 12.5. The van der Waals surface area contributed by atoms with Crippen molar-refractivity contribution in [3.8, 4) is 0 Å². The maximum atomic E-state index is 12.5. The second-order valence-corrected chi connectivity index (χ2v) is 10.6. The Kier molecular flexibility index (Phi) is 7.13. The fourth-order valence-electron chi connectivity index (χ4n) is 3.43. The molecule has 0 aromatic carbocycles. The third-order valence-electron chi connectivity index (χ3n) is 5.08. The zero-order valence-electron chi connectivity index (χ0n) is 16.9. The van der Waals surface area contributed by atoms with Gasteiger partial charge in [-0.25, -0.2) is 17.5 Å². The highest BCUT2D eigenvalue weighted by Gasteiger charge is 2.32. The smallest absolute Gasteiger partial charge is 0.410 e. The lowest BCUT2D eigenvalue weighted by Crippen LogP contribution is -2.50. The van der Waals surface area contributed by atoms with Crippen molar-refractivity contribution in [1.82, 2.24) is 14.5 Å². The molecule has 2 rings (SSSR count). The van der Waals surface area contributed by atoms with Gasteiger partial charge in [0.05, 0.1) is 5.75 Å². The van der Waals surface area contributed by atoms with Gasteiger partial charge < -0.3 is 15.0 Å². The Morgan fingerprint density at radius 1 is 1.04 bits per heavy atom. The van der Waals surface area contributed by atoms with Crippen molar-refractivity contribution in [3.05, 3.63) is 0 Å². The largest absolute Gasteiger partial charge is 0.444 e. The van der Waals surface area contributed by atoms with E-state index in [4.69, 9.17) is 4.74 Å². The van der Waals surface area contributed by atoms with Crippen molar-refractivity contribution in [2.75, 3.05) is 31.9 Å². The monoisotopic (exact) mass is 403 g/mol. The summed E-state index contributed by atoms with van der Waals surface area (Å²) in [6.07, 6.45) is 2.19. The zero-order valence-corrected chi connectivity index (χ0v) is 17.7. The number of carbonyl (C=O) groups excluding carboxylic acids is 2. The Hall–Kier alpha value is -1.35. The number of rotatable bonds is 4. The van der Waals surface area contributed by atoms with Crippen LogP contribution in [0, 0.1) is 5.92 Å². The summed E-state index contributed by atoms with van der Waals surface area (Å²) in [5, 5.41) is 3.07. The Bertz CT molecular complexity index is 628. The minimum Gasteiger partial charge on any atom is -0.444 e. The van der Waals surface area contributed by atoms with E-state index in [1.165, 1.54) is 4.31 Å². The van der Waals surface area contributed by atoms with Crippen LogP contribution in [0.4, 0.5) is 4.79 Å². The van der Waals surface area contributed by atoms with Crippen LogP contribution in [0.3, 0.4) is 0 Å². The zero-order chi connectivity index (χ0) is 20.2. The molecular formula is C18H33N3O5S. The van der Waals surface area contributed by atoms with Gasteiger partial charge in [0.1, 0.15) is 5.60 Å². The molecule has 0 aromatic heterocycles. The van der Waals surface area contributed by atoms with Gasteiger partial charge in [-0.15, -0.1) is 0 Å². The summed E-state index contributed by atoms with van der Waals surface area (Å²) >= 11 is 0. The van der Waals surface area contributed by atoms with Crippen LogP contribution in [-0.2, 0) is 19.6 Å². The van der Waals surface area contributed by atoms with Crippen LogP contribution in [0.25, 0.3) is 0 Å². The fourth-order valence-corrected chi connectivity index (χ4v) is 4.56. The predicted octanol–water partition coefficient (Wildman–Crippen LogP) is 1.56. The molecule has 0 aliphatic carbocycles.